The Labute approximate surface area is 119 Å². The van der Waals surface area contributed by atoms with Crippen LogP contribution in [0.2, 0.25) is 0 Å². The highest BCUT2D eigenvalue weighted by atomic mass is 16.4. The minimum atomic E-state index is -1.00. The number of aliphatic carboxylic acids is 1. The lowest BCUT2D eigenvalue weighted by atomic mass is 10.1. The Hall–Kier alpha value is -2.67. The number of carboxylic acid groups (broad SMARTS) is 1. The number of pyridine rings is 2. The highest BCUT2D eigenvalue weighted by Crippen LogP contribution is 2.13. The molecular formula is C14H15N3O4. The third-order valence-corrected chi connectivity index (χ3v) is 2.92. The van der Waals surface area contributed by atoms with Gasteiger partial charge in [-0.25, -0.2) is 0 Å². The Morgan fingerprint density at radius 2 is 1.76 bits per heavy atom. The molecule has 7 heteroatoms. The summed E-state index contributed by atoms with van der Waals surface area (Å²) in [5.74, 6) is -1.00. The fourth-order valence-electron chi connectivity index (χ4n) is 2.00. The van der Waals surface area contributed by atoms with Crippen molar-refractivity contribution in [3.05, 3.63) is 68.5 Å². The van der Waals surface area contributed by atoms with E-state index in [9.17, 15) is 14.4 Å². The van der Waals surface area contributed by atoms with Crippen LogP contribution in [0.5, 0.6) is 0 Å². The van der Waals surface area contributed by atoms with Gasteiger partial charge in [0.2, 0.25) is 11.1 Å². The first-order valence-corrected chi connectivity index (χ1v) is 6.37. The lowest BCUT2D eigenvalue weighted by molar-refractivity contribution is -0.136. The minimum Gasteiger partial charge on any atom is -0.480 e. The lowest BCUT2D eigenvalue weighted by Crippen LogP contribution is -2.31. The second-order valence-corrected chi connectivity index (χ2v) is 4.54. The van der Waals surface area contributed by atoms with Crippen molar-refractivity contribution >= 4 is 5.97 Å². The average molecular weight is 289 g/mol. The van der Waals surface area contributed by atoms with Gasteiger partial charge in [0.05, 0.1) is 12.6 Å². The Bertz CT molecular complexity index is 735. The van der Waals surface area contributed by atoms with Gasteiger partial charge in [0.1, 0.15) is 0 Å². The van der Waals surface area contributed by atoms with E-state index in [0.29, 0.717) is 17.8 Å². The number of aromatic amines is 2. The van der Waals surface area contributed by atoms with E-state index in [0.717, 1.165) is 0 Å². The van der Waals surface area contributed by atoms with Gasteiger partial charge >= 0.3 is 5.97 Å². The zero-order chi connectivity index (χ0) is 15.2. The van der Waals surface area contributed by atoms with Crippen molar-refractivity contribution < 1.29 is 9.90 Å². The molecule has 2 rings (SSSR count). The summed E-state index contributed by atoms with van der Waals surface area (Å²) in [4.78, 5) is 38.7. The van der Waals surface area contributed by atoms with E-state index in [1.54, 1.807) is 24.3 Å². The molecule has 0 aliphatic heterocycles. The van der Waals surface area contributed by atoms with Gasteiger partial charge in [0.25, 0.3) is 0 Å². The molecule has 0 aliphatic rings. The van der Waals surface area contributed by atoms with E-state index in [1.165, 1.54) is 12.1 Å². The lowest BCUT2D eigenvalue weighted by Gasteiger charge is -2.17. The summed E-state index contributed by atoms with van der Waals surface area (Å²) in [5, 5.41) is 11.6. The van der Waals surface area contributed by atoms with Gasteiger partial charge in [-0.15, -0.1) is 0 Å². The van der Waals surface area contributed by atoms with Crippen LogP contribution in [0.15, 0.2) is 46.0 Å². The van der Waals surface area contributed by atoms with Crippen molar-refractivity contribution in [2.75, 3.05) is 6.54 Å². The maximum absolute atomic E-state index is 11.4. The van der Waals surface area contributed by atoms with E-state index in [4.69, 9.17) is 5.11 Å². The molecule has 0 saturated carbocycles. The van der Waals surface area contributed by atoms with E-state index in [1.807, 2.05) is 0 Å². The van der Waals surface area contributed by atoms with Gasteiger partial charge in [-0.05, 0) is 12.1 Å². The molecule has 21 heavy (non-hydrogen) atoms. The number of carboxylic acids is 1. The summed E-state index contributed by atoms with van der Waals surface area (Å²) >= 11 is 0. The van der Waals surface area contributed by atoms with Crippen LogP contribution in [0.25, 0.3) is 0 Å². The Balaban J connectivity index is 2.25. The highest BCUT2D eigenvalue weighted by Gasteiger charge is 2.14. The topological polar surface area (TPSA) is 115 Å². The fourth-order valence-corrected chi connectivity index (χ4v) is 2.00. The molecule has 0 radical (unpaired) electrons. The van der Waals surface area contributed by atoms with Crippen molar-refractivity contribution in [3.8, 4) is 0 Å². The first-order valence-electron chi connectivity index (χ1n) is 6.37. The van der Waals surface area contributed by atoms with Crippen LogP contribution in [0.3, 0.4) is 0 Å². The van der Waals surface area contributed by atoms with Crippen molar-refractivity contribution in [1.82, 2.24) is 15.3 Å². The molecule has 0 spiro atoms. The van der Waals surface area contributed by atoms with Crippen LogP contribution in [0.1, 0.15) is 17.4 Å². The van der Waals surface area contributed by atoms with Crippen LogP contribution >= 0.6 is 0 Å². The van der Waals surface area contributed by atoms with Crippen molar-refractivity contribution in [3.63, 3.8) is 0 Å². The molecule has 0 fully saturated rings. The Kier molecular flexibility index (Phi) is 4.68. The molecule has 0 aliphatic carbocycles. The van der Waals surface area contributed by atoms with Crippen LogP contribution in [-0.4, -0.2) is 27.6 Å². The van der Waals surface area contributed by atoms with Gasteiger partial charge in [0, 0.05) is 29.9 Å². The van der Waals surface area contributed by atoms with E-state index >= 15 is 0 Å². The summed E-state index contributed by atoms with van der Waals surface area (Å²) in [7, 11) is 0. The smallest absolute Gasteiger partial charge is 0.317 e. The van der Waals surface area contributed by atoms with Crippen LogP contribution in [0, 0.1) is 0 Å². The predicted molar refractivity (Wildman–Crippen MR) is 76.2 cm³/mol. The van der Waals surface area contributed by atoms with Crippen LogP contribution in [-0.2, 0) is 11.2 Å². The molecule has 2 aromatic rings. The normalized spacial score (nSPS) is 12.0. The van der Waals surface area contributed by atoms with Gasteiger partial charge in [-0.1, -0.05) is 12.1 Å². The van der Waals surface area contributed by atoms with Crippen molar-refractivity contribution in [2.24, 2.45) is 0 Å². The summed E-state index contributed by atoms with van der Waals surface area (Å²) in [6.45, 7) is -0.251. The maximum Gasteiger partial charge on any atom is 0.317 e. The molecule has 0 aromatic carbocycles. The zero-order valence-corrected chi connectivity index (χ0v) is 11.1. The third-order valence-electron chi connectivity index (χ3n) is 2.92. The number of hydrogen-bond donors (Lipinski definition) is 4. The molecular weight excluding hydrogens is 274 g/mol. The Morgan fingerprint density at radius 3 is 2.38 bits per heavy atom. The second-order valence-electron chi connectivity index (χ2n) is 4.54. The molecule has 1 atom stereocenters. The number of hydrogen-bond acceptors (Lipinski definition) is 4. The molecule has 110 valence electrons. The van der Waals surface area contributed by atoms with E-state index in [-0.39, 0.29) is 17.7 Å². The summed E-state index contributed by atoms with van der Waals surface area (Å²) < 4.78 is 0. The molecule has 2 heterocycles. The number of aromatic nitrogens is 2. The molecule has 1 unspecified atom stereocenters. The summed E-state index contributed by atoms with van der Waals surface area (Å²) in [5.41, 5.74) is 0.714. The Morgan fingerprint density at radius 1 is 1.10 bits per heavy atom. The van der Waals surface area contributed by atoms with Crippen LogP contribution < -0.4 is 16.4 Å². The zero-order valence-electron chi connectivity index (χ0n) is 11.1. The van der Waals surface area contributed by atoms with Gasteiger partial charge < -0.3 is 15.1 Å². The standard InChI is InChI=1S/C14H15N3O4/c18-12-5-1-3-9(16-12)7-11(15-8-14(20)21)10-4-2-6-13(19)17-10/h1-6,11,15H,7-8H2,(H,16,18)(H,17,19)(H,20,21). The predicted octanol–water partition coefficient (Wildman–Crippen LogP) is 0.0212. The van der Waals surface area contributed by atoms with Crippen molar-refractivity contribution in [1.29, 1.82) is 0 Å². The first-order chi connectivity index (χ1) is 10.0. The molecule has 0 bridgehead atoms. The molecule has 0 amide bonds. The van der Waals surface area contributed by atoms with E-state index < -0.39 is 12.0 Å². The van der Waals surface area contributed by atoms with Crippen molar-refractivity contribution in [2.45, 2.75) is 12.5 Å². The number of H-pyrrole nitrogens is 2. The van der Waals surface area contributed by atoms with Crippen LogP contribution in [0.4, 0.5) is 0 Å². The largest absolute Gasteiger partial charge is 0.480 e. The molecule has 2 aromatic heterocycles. The van der Waals surface area contributed by atoms with Gasteiger partial charge in [0.15, 0.2) is 0 Å². The number of nitrogens with one attached hydrogen (secondary N) is 3. The first kappa shape index (κ1) is 14.7. The number of carbonyl (C=O) groups is 1. The van der Waals surface area contributed by atoms with E-state index in [2.05, 4.69) is 15.3 Å². The minimum absolute atomic E-state index is 0.231. The summed E-state index contributed by atoms with van der Waals surface area (Å²) in [6, 6.07) is 9.00. The number of rotatable bonds is 6. The molecule has 0 saturated heterocycles. The SMILES string of the molecule is O=C(O)CNC(Cc1cccc(=O)[nH]1)c1cccc(=O)[nH]1. The second kappa shape index (κ2) is 6.67. The van der Waals surface area contributed by atoms with Gasteiger partial charge in [-0.2, -0.15) is 0 Å². The third kappa shape index (κ3) is 4.43. The summed E-state index contributed by atoms with van der Waals surface area (Å²) in [6.07, 6.45) is 0.351. The van der Waals surface area contributed by atoms with Gasteiger partial charge in [-0.3, -0.25) is 19.7 Å². The monoisotopic (exact) mass is 289 g/mol. The molecule has 4 N–H and O–H groups in total. The quantitative estimate of drug-likeness (QED) is 0.598. The highest BCUT2D eigenvalue weighted by molar-refractivity contribution is 5.69. The average Bonchev–Trinajstić information content (AvgIpc) is 2.43. The molecule has 7 nitrogen and oxygen atoms in total. The maximum atomic E-state index is 11.4. The fraction of sp³-hybridized carbons (Fsp3) is 0.214.